The lowest BCUT2D eigenvalue weighted by Gasteiger charge is -2.01. The summed E-state index contributed by atoms with van der Waals surface area (Å²) in [6, 6.07) is 4.93. The fourth-order valence-electron chi connectivity index (χ4n) is 1.25. The zero-order chi connectivity index (χ0) is 12.6. The molecule has 1 heterocycles. The third-order valence-electron chi connectivity index (χ3n) is 1.89. The summed E-state index contributed by atoms with van der Waals surface area (Å²) in [4.78, 5) is 24.1. The van der Waals surface area contributed by atoms with Crippen LogP contribution in [-0.2, 0) is 9.24 Å². The molecular weight excluding hydrogens is 336 g/mol. The molecule has 0 aliphatic rings. The molecule has 0 amide bonds. The van der Waals surface area contributed by atoms with Gasteiger partial charge in [0.15, 0.2) is 0 Å². The molecule has 1 aromatic heterocycles. The Hall–Kier alpha value is -0.560. The van der Waals surface area contributed by atoms with Crippen LogP contribution in [0.5, 0.6) is 5.88 Å². The van der Waals surface area contributed by atoms with Gasteiger partial charge in [0.05, 0.1) is 5.02 Å². The Labute approximate surface area is 109 Å². The van der Waals surface area contributed by atoms with E-state index in [4.69, 9.17) is 21.4 Å². The van der Waals surface area contributed by atoms with Crippen LogP contribution in [0.2, 0.25) is 5.02 Å². The molecule has 92 valence electrons. The van der Waals surface area contributed by atoms with Crippen LogP contribution in [0.15, 0.2) is 22.7 Å². The first kappa shape index (κ1) is 12.9. The zero-order valence-corrected chi connectivity index (χ0v) is 11.3. The summed E-state index contributed by atoms with van der Waals surface area (Å²) < 4.78 is 15.0. The number of rotatable bonds is 3. The number of aromatic nitrogens is 1. The SMILES string of the molecule is O=P(O)(O)OOc1cc2c(Cl)c(Br)ccc2[nH]1. The molecule has 17 heavy (non-hydrogen) atoms. The first-order valence-electron chi connectivity index (χ1n) is 4.25. The lowest BCUT2D eigenvalue weighted by Crippen LogP contribution is -1.94. The van der Waals surface area contributed by atoms with Crippen molar-refractivity contribution in [2.24, 2.45) is 0 Å². The second-order valence-electron chi connectivity index (χ2n) is 3.10. The van der Waals surface area contributed by atoms with E-state index in [-0.39, 0.29) is 5.88 Å². The number of fused-ring (bicyclic) bond motifs is 1. The van der Waals surface area contributed by atoms with Gasteiger partial charge in [-0.3, -0.25) is 0 Å². The van der Waals surface area contributed by atoms with E-state index in [1.807, 2.05) is 0 Å². The number of nitrogens with one attached hydrogen (secondary N) is 1. The van der Waals surface area contributed by atoms with Gasteiger partial charge in [0.1, 0.15) is 0 Å². The van der Waals surface area contributed by atoms with Crippen molar-refractivity contribution in [3.05, 3.63) is 27.7 Å². The summed E-state index contributed by atoms with van der Waals surface area (Å²) in [7, 11) is -4.68. The van der Waals surface area contributed by atoms with E-state index in [2.05, 4.69) is 30.5 Å². The molecule has 0 atom stereocenters. The Bertz CT molecular complexity index is 609. The molecule has 0 unspecified atom stereocenters. The predicted molar refractivity (Wildman–Crippen MR) is 64.8 cm³/mol. The molecule has 0 fully saturated rings. The van der Waals surface area contributed by atoms with Crippen molar-refractivity contribution < 1.29 is 23.9 Å². The molecule has 0 bridgehead atoms. The van der Waals surface area contributed by atoms with Crippen LogP contribution in [0.3, 0.4) is 0 Å². The van der Waals surface area contributed by atoms with E-state index >= 15 is 0 Å². The van der Waals surface area contributed by atoms with E-state index in [1.54, 1.807) is 12.1 Å². The van der Waals surface area contributed by atoms with Crippen LogP contribution < -0.4 is 4.89 Å². The average molecular weight is 342 g/mol. The van der Waals surface area contributed by atoms with E-state index in [1.165, 1.54) is 6.07 Å². The van der Waals surface area contributed by atoms with Crippen molar-refractivity contribution in [1.29, 1.82) is 0 Å². The Morgan fingerprint density at radius 1 is 1.41 bits per heavy atom. The normalized spacial score (nSPS) is 12.0. The largest absolute Gasteiger partial charge is 0.505 e. The number of hydrogen-bond acceptors (Lipinski definition) is 3. The Morgan fingerprint density at radius 2 is 2.12 bits per heavy atom. The van der Waals surface area contributed by atoms with E-state index in [0.29, 0.717) is 20.4 Å². The molecule has 0 aliphatic heterocycles. The summed E-state index contributed by atoms with van der Waals surface area (Å²) in [5.74, 6) is 0.0447. The van der Waals surface area contributed by atoms with Crippen LogP contribution in [0.1, 0.15) is 0 Å². The molecule has 2 rings (SSSR count). The van der Waals surface area contributed by atoms with Crippen molar-refractivity contribution in [3.63, 3.8) is 0 Å². The quantitative estimate of drug-likeness (QED) is 0.453. The fourth-order valence-corrected chi connectivity index (χ4v) is 1.99. The maximum atomic E-state index is 10.4. The maximum absolute atomic E-state index is 10.4. The third kappa shape index (κ3) is 3.01. The van der Waals surface area contributed by atoms with E-state index < -0.39 is 7.82 Å². The van der Waals surface area contributed by atoms with Crippen molar-refractivity contribution in [3.8, 4) is 5.88 Å². The van der Waals surface area contributed by atoms with E-state index in [0.717, 1.165) is 0 Å². The lowest BCUT2D eigenvalue weighted by atomic mass is 10.2. The van der Waals surface area contributed by atoms with Crippen LogP contribution in [-0.4, -0.2) is 14.8 Å². The van der Waals surface area contributed by atoms with Gasteiger partial charge in [-0.15, -0.1) is 0 Å². The molecular formula is C8H6BrClNO5P. The minimum atomic E-state index is -4.68. The molecule has 0 saturated heterocycles. The molecule has 0 radical (unpaired) electrons. The van der Waals surface area contributed by atoms with Crippen molar-refractivity contribution in [1.82, 2.24) is 4.98 Å². The fraction of sp³-hybridized carbons (Fsp3) is 0. The number of halogens is 2. The number of H-pyrrole nitrogens is 1. The van der Waals surface area contributed by atoms with Gasteiger partial charge < -0.3 is 19.7 Å². The van der Waals surface area contributed by atoms with Gasteiger partial charge in [0, 0.05) is 21.4 Å². The van der Waals surface area contributed by atoms with Crippen molar-refractivity contribution >= 4 is 46.3 Å². The van der Waals surface area contributed by atoms with Gasteiger partial charge in [-0.2, -0.15) is 0 Å². The highest BCUT2D eigenvalue weighted by Crippen LogP contribution is 2.38. The van der Waals surface area contributed by atoms with Gasteiger partial charge in [0.2, 0.25) is 5.88 Å². The smallest absolute Gasteiger partial charge is 0.323 e. The van der Waals surface area contributed by atoms with E-state index in [9.17, 15) is 4.57 Å². The topological polar surface area (TPSA) is 91.8 Å². The Balaban J connectivity index is 2.32. The average Bonchev–Trinajstić information content (AvgIpc) is 2.64. The molecule has 0 saturated carbocycles. The third-order valence-corrected chi connectivity index (χ3v) is 3.46. The number of aromatic amines is 1. The van der Waals surface area contributed by atoms with Crippen LogP contribution in [0, 0.1) is 0 Å². The van der Waals surface area contributed by atoms with Crippen LogP contribution in [0.25, 0.3) is 10.9 Å². The first-order valence-corrected chi connectivity index (χ1v) is 6.95. The minimum Gasteiger partial charge on any atom is -0.323 e. The monoisotopic (exact) mass is 341 g/mol. The summed E-state index contributed by atoms with van der Waals surface area (Å²) in [5.41, 5.74) is 0.655. The number of phosphoric acid groups is 1. The highest BCUT2D eigenvalue weighted by atomic mass is 79.9. The van der Waals surface area contributed by atoms with Gasteiger partial charge in [-0.05, 0) is 28.1 Å². The first-order chi connectivity index (χ1) is 7.87. The molecule has 0 spiro atoms. The standard InChI is InChI=1S/C8H6BrClNO5P/c9-5-1-2-6-4(8(5)10)3-7(11-6)15-16-17(12,13)14/h1-3,11H,(H2,12,13,14). The summed E-state index contributed by atoms with van der Waals surface area (Å²) >= 11 is 9.27. The van der Waals surface area contributed by atoms with Crippen LogP contribution in [0.4, 0.5) is 0 Å². The molecule has 2 aromatic rings. The van der Waals surface area contributed by atoms with Crippen molar-refractivity contribution in [2.45, 2.75) is 0 Å². The number of hydrogen-bond donors (Lipinski definition) is 3. The summed E-state index contributed by atoms with van der Waals surface area (Å²) in [6.07, 6.45) is 0. The molecule has 3 N–H and O–H groups in total. The molecule has 0 aliphatic carbocycles. The van der Waals surface area contributed by atoms with Gasteiger partial charge in [0.25, 0.3) is 0 Å². The minimum absolute atomic E-state index is 0.0447. The molecule has 9 heteroatoms. The summed E-state index contributed by atoms with van der Waals surface area (Å²) in [6.45, 7) is 0. The highest BCUT2D eigenvalue weighted by Gasteiger charge is 2.17. The maximum Gasteiger partial charge on any atom is 0.505 e. The number of benzene rings is 1. The molecule has 1 aromatic carbocycles. The van der Waals surface area contributed by atoms with Gasteiger partial charge >= 0.3 is 7.82 Å². The second-order valence-corrected chi connectivity index (χ2v) is 5.47. The highest BCUT2D eigenvalue weighted by molar-refractivity contribution is 9.10. The summed E-state index contributed by atoms with van der Waals surface area (Å²) in [5, 5.41) is 1.11. The van der Waals surface area contributed by atoms with Crippen LogP contribution >= 0.6 is 35.4 Å². The Morgan fingerprint density at radius 3 is 2.76 bits per heavy atom. The second kappa shape index (κ2) is 4.61. The van der Waals surface area contributed by atoms with Gasteiger partial charge in [-0.25, -0.2) is 4.57 Å². The zero-order valence-electron chi connectivity index (χ0n) is 8.05. The lowest BCUT2D eigenvalue weighted by molar-refractivity contribution is -0.125. The predicted octanol–water partition coefficient (Wildman–Crippen LogP) is 2.99. The van der Waals surface area contributed by atoms with Gasteiger partial charge in [-0.1, -0.05) is 16.3 Å². The Kier molecular flexibility index (Phi) is 3.49. The molecule has 6 nitrogen and oxygen atoms in total. The van der Waals surface area contributed by atoms with Crippen molar-refractivity contribution in [2.75, 3.05) is 0 Å².